The molecule has 1 atom stereocenters. The Morgan fingerprint density at radius 3 is 2.62 bits per heavy atom. The minimum atomic E-state index is -0.517. The number of hydrogen-bond acceptors (Lipinski definition) is 2. The van der Waals surface area contributed by atoms with Crippen molar-refractivity contribution in [2.75, 3.05) is 6.54 Å². The van der Waals surface area contributed by atoms with Gasteiger partial charge in [0, 0.05) is 5.56 Å². The lowest BCUT2D eigenvalue weighted by molar-refractivity contribution is -0.679. The van der Waals surface area contributed by atoms with Crippen LogP contribution in [0.2, 0.25) is 5.02 Å². The molecule has 0 aliphatic rings. The molecule has 0 amide bonds. The van der Waals surface area contributed by atoms with Gasteiger partial charge in [-0.15, -0.1) is 0 Å². The third kappa shape index (κ3) is 4.03. The van der Waals surface area contributed by atoms with Crippen LogP contribution in [-0.2, 0) is 6.54 Å². The highest BCUT2D eigenvalue weighted by atomic mass is 35.5. The molecule has 0 saturated carbocycles. The number of halogens is 2. The Labute approximate surface area is 144 Å². The first-order valence-electron chi connectivity index (χ1n) is 7.72. The van der Waals surface area contributed by atoms with Crippen molar-refractivity contribution in [3.8, 4) is 11.3 Å². The van der Waals surface area contributed by atoms with Crippen LogP contribution in [0, 0.1) is 5.82 Å². The molecule has 3 aromatic rings. The Kier molecular flexibility index (Phi) is 5.30. The molecule has 0 aliphatic heterocycles. The predicted octanol–water partition coefficient (Wildman–Crippen LogP) is 3.54. The van der Waals surface area contributed by atoms with Crippen molar-refractivity contribution in [2.24, 2.45) is 0 Å². The lowest BCUT2D eigenvalue weighted by atomic mass is 10.1. The van der Waals surface area contributed by atoms with Crippen LogP contribution in [0.4, 0.5) is 4.39 Å². The van der Waals surface area contributed by atoms with Crippen molar-refractivity contribution in [3.63, 3.8) is 0 Å². The van der Waals surface area contributed by atoms with Gasteiger partial charge in [-0.05, 0) is 35.9 Å². The summed E-state index contributed by atoms with van der Waals surface area (Å²) >= 11 is 5.80. The molecule has 1 aromatic heterocycles. The van der Waals surface area contributed by atoms with Crippen molar-refractivity contribution in [1.29, 1.82) is 0 Å². The molecule has 0 fully saturated rings. The van der Waals surface area contributed by atoms with Gasteiger partial charge in [0.2, 0.25) is 0 Å². The number of furan rings is 1. The van der Waals surface area contributed by atoms with Gasteiger partial charge in [-0.1, -0.05) is 41.9 Å². The highest BCUT2D eigenvalue weighted by Crippen LogP contribution is 2.26. The van der Waals surface area contributed by atoms with E-state index in [-0.39, 0.29) is 5.02 Å². The van der Waals surface area contributed by atoms with Gasteiger partial charge >= 0.3 is 0 Å². The van der Waals surface area contributed by atoms with Gasteiger partial charge < -0.3 is 14.8 Å². The SMILES string of the molecule is O[C@@H](C[NH2+]Cc1ccc(-c2ccc(F)c(Cl)c2)o1)c1ccccc1. The summed E-state index contributed by atoms with van der Waals surface area (Å²) in [5.74, 6) is 0.977. The number of aliphatic hydroxyl groups is 1. The molecule has 3 N–H and O–H groups in total. The van der Waals surface area contributed by atoms with Gasteiger partial charge in [0.05, 0.1) is 5.02 Å². The van der Waals surface area contributed by atoms with Crippen LogP contribution < -0.4 is 5.32 Å². The van der Waals surface area contributed by atoms with E-state index < -0.39 is 11.9 Å². The first-order valence-corrected chi connectivity index (χ1v) is 8.10. The summed E-state index contributed by atoms with van der Waals surface area (Å²) in [6.07, 6.45) is -0.517. The summed E-state index contributed by atoms with van der Waals surface area (Å²) < 4.78 is 19.0. The van der Waals surface area contributed by atoms with E-state index in [1.165, 1.54) is 6.07 Å². The standard InChI is InChI=1S/C19H17ClFNO2/c20-16-10-14(6-8-17(16)21)19-9-7-15(24-19)11-22-12-18(23)13-4-2-1-3-5-13/h1-10,18,22-23H,11-12H2/p+1/t18-/m0/s1. The van der Waals surface area contributed by atoms with Crippen LogP contribution in [0.1, 0.15) is 17.4 Å². The third-order valence-corrected chi connectivity index (χ3v) is 4.08. The molecular weight excluding hydrogens is 329 g/mol. The van der Waals surface area contributed by atoms with Crippen LogP contribution in [-0.4, -0.2) is 11.7 Å². The fourth-order valence-corrected chi connectivity index (χ4v) is 2.67. The molecule has 0 bridgehead atoms. The minimum Gasteiger partial charge on any atom is -0.455 e. The molecule has 2 aromatic carbocycles. The molecule has 0 radical (unpaired) electrons. The van der Waals surface area contributed by atoms with Gasteiger partial charge in [0.1, 0.15) is 30.8 Å². The molecule has 1 heterocycles. The Balaban J connectivity index is 1.57. The highest BCUT2D eigenvalue weighted by Gasteiger charge is 2.11. The second kappa shape index (κ2) is 7.62. The van der Waals surface area contributed by atoms with E-state index in [9.17, 15) is 9.50 Å². The number of nitrogens with two attached hydrogens (primary N) is 1. The quantitative estimate of drug-likeness (QED) is 0.717. The molecule has 0 saturated heterocycles. The van der Waals surface area contributed by atoms with Crippen LogP contribution in [0.15, 0.2) is 65.1 Å². The van der Waals surface area contributed by atoms with Gasteiger partial charge in [-0.2, -0.15) is 0 Å². The van der Waals surface area contributed by atoms with E-state index >= 15 is 0 Å². The number of aliphatic hydroxyl groups excluding tert-OH is 1. The molecule has 0 spiro atoms. The normalized spacial score (nSPS) is 12.3. The average molecular weight is 347 g/mol. The molecule has 0 aliphatic carbocycles. The van der Waals surface area contributed by atoms with E-state index in [1.807, 2.05) is 47.8 Å². The number of rotatable bonds is 6. The maximum absolute atomic E-state index is 13.2. The molecule has 24 heavy (non-hydrogen) atoms. The van der Waals surface area contributed by atoms with Gasteiger partial charge in [-0.25, -0.2) is 4.39 Å². The van der Waals surface area contributed by atoms with E-state index in [1.54, 1.807) is 12.1 Å². The minimum absolute atomic E-state index is 0.0722. The lowest BCUT2D eigenvalue weighted by Gasteiger charge is -2.08. The zero-order valence-corrected chi connectivity index (χ0v) is 13.7. The maximum atomic E-state index is 13.2. The van der Waals surface area contributed by atoms with Crippen LogP contribution in [0.3, 0.4) is 0 Å². The van der Waals surface area contributed by atoms with E-state index in [2.05, 4.69) is 0 Å². The second-order valence-corrected chi connectivity index (χ2v) is 5.96. The lowest BCUT2D eigenvalue weighted by Crippen LogP contribution is -2.83. The van der Waals surface area contributed by atoms with Gasteiger partial charge in [0.15, 0.2) is 5.76 Å². The summed E-state index contributed by atoms with van der Waals surface area (Å²) in [6.45, 7) is 1.15. The monoisotopic (exact) mass is 346 g/mol. The molecular formula is C19H18ClFNO2+. The van der Waals surface area contributed by atoms with Crippen LogP contribution in [0.25, 0.3) is 11.3 Å². The van der Waals surface area contributed by atoms with Crippen LogP contribution >= 0.6 is 11.6 Å². The van der Waals surface area contributed by atoms with Crippen molar-refractivity contribution in [3.05, 3.63) is 82.8 Å². The zero-order valence-electron chi connectivity index (χ0n) is 13.0. The fourth-order valence-electron chi connectivity index (χ4n) is 2.49. The van der Waals surface area contributed by atoms with E-state index in [4.69, 9.17) is 16.0 Å². The number of quaternary nitrogens is 1. The third-order valence-electron chi connectivity index (χ3n) is 3.79. The highest BCUT2D eigenvalue weighted by molar-refractivity contribution is 6.31. The average Bonchev–Trinajstić information content (AvgIpc) is 3.07. The van der Waals surface area contributed by atoms with Crippen molar-refractivity contribution in [1.82, 2.24) is 0 Å². The van der Waals surface area contributed by atoms with Gasteiger partial charge in [-0.3, -0.25) is 0 Å². The first-order chi connectivity index (χ1) is 11.6. The summed E-state index contributed by atoms with van der Waals surface area (Å²) in [5, 5.41) is 12.2. The predicted molar refractivity (Wildman–Crippen MR) is 91.0 cm³/mol. The Morgan fingerprint density at radius 1 is 1.08 bits per heavy atom. The molecule has 3 nitrogen and oxygen atoms in total. The van der Waals surface area contributed by atoms with Crippen molar-refractivity contribution >= 4 is 11.6 Å². The van der Waals surface area contributed by atoms with E-state index in [0.29, 0.717) is 18.8 Å². The molecule has 5 heteroatoms. The second-order valence-electron chi connectivity index (χ2n) is 5.55. The Morgan fingerprint density at radius 2 is 1.88 bits per heavy atom. The zero-order chi connectivity index (χ0) is 16.9. The first kappa shape index (κ1) is 16.7. The summed E-state index contributed by atoms with van der Waals surface area (Å²) in [6, 6.07) is 17.8. The van der Waals surface area contributed by atoms with E-state index in [0.717, 1.165) is 16.9 Å². The van der Waals surface area contributed by atoms with Gasteiger partial charge in [0.25, 0.3) is 0 Å². The fraction of sp³-hybridized carbons (Fsp3) is 0.158. The van der Waals surface area contributed by atoms with Crippen molar-refractivity contribution in [2.45, 2.75) is 12.6 Å². The molecule has 3 rings (SSSR count). The largest absolute Gasteiger partial charge is 0.455 e. The summed E-state index contributed by atoms with van der Waals surface area (Å²) in [7, 11) is 0. The number of hydrogen-bond donors (Lipinski definition) is 2. The smallest absolute Gasteiger partial charge is 0.158 e. The number of benzene rings is 2. The van der Waals surface area contributed by atoms with Crippen molar-refractivity contribution < 1.29 is 19.2 Å². The topological polar surface area (TPSA) is 50.0 Å². The Hall–Kier alpha value is -2.14. The maximum Gasteiger partial charge on any atom is 0.158 e. The Bertz CT molecular complexity index is 804. The molecule has 0 unspecified atom stereocenters. The molecule has 124 valence electrons. The summed E-state index contributed by atoms with van der Waals surface area (Å²) in [4.78, 5) is 0. The summed E-state index contributed by atoms with van der Waals surface area (Å²) in [5.41, 5.74) is 1.63. The van der Waals surface area contributed by atoms with Crippen LogP contribution in [0.5, 0.6) is 0 Å².